The van der Waals surface area contributed by atoms with Crippen molar-refractivity contribution in [3.63, 3.8) is 0 Å². The Labute approximate surface area is 99.8 Å². The molecule has 1 saturated heterocycles. The largest absolute Gasteiger partial charge is 0.398 e. The summed E-state index contributed by atoms with van der Waals surface area (Å²) in [5, 5.41) is 11.8. The topological polar surface area (TPSA) is 82.2 Å². The molecule has 1 aromatic carbocycles. The number of benzene rings is 1. The molecule has 1 amide bonds. The van der Waals surface area contributed by atoms with Crippen LogP contribution in [0.1, 0.15) is 11.1 Å². The Balaban J connectivity index is 2.11. The van der Waals surface area contributed by atoms with Crippen LogP contribution in [-0.2, 0) is 11.3 Å². The average Bonchev–Trinajstić information content (AvgIpc) is 2.32. The Kier molecular flexibility index (Phi) is 3.26. The maximum absolute atomic E-state index is 11.6. The predicted octanol–water partition coefficient (Wildman–Crippen LogP) is 0.0723. The Bertz CT molecular complexity index is 478. The minimum Gasteiger partial charge on any atom is -0.398 e. The number of nitriles is 1. The van der Waals surface area contributed by atoms with Gasteiger partial charge in [0.05, 0.1) is 12.1 Å². The zero-order chi connectivity index (χ0) is 12.3. The molecule has 1 fully saturated rings. The van der Waals surface area contributed by atoms with Gasteiger partial charge in [0.2, 0.25) is 5.91 Å². The molecular weight excluding hydrogens is 216 g/mol. The molecule has 2 rings (SSSR count). The van der Waals surface area contributed by atoms with Crippen molar-refractivity contribution in [3.8, 4) is 6.07 Å². The van der Waals surface area contributed by atoms with E-state index in [0.29, 0.717) is 30.9 Å². The van der Waals surface area contributed by atoms with Crippen molar-refractivity contribution >= 4 is 11.6 Å². The molecule has 0 aromatic heterocycles. The lowest BCUT2D eigenvalue weighted by Gasteiger charge is -2.27. The van der Waals surface area contributed by atoms with E-state index in [1.807, 2.05) is 12.1 Å². The number of anilines is 1. The van der Waals surface area contributed by atoms with Gasteiger partial charge in [0.25, 0.3) is 0 Å². The SMILES string of the molecule is N#Cc1ccc(CN2CCNCC2=O)cc1N. The second kappa shape index (κ2) is 4.85. The highest BCUT2D eigenvalue weighted by atomic mass is 16.2. The third kappa shape index (κ3) is 2.55. The molecule has 88 valence electrons. The molecule has 0 saturated carbocycles. The van der Waals surface area contributed by atoms with Crippen LogP contribution in [0, 0.1) is 11.3 Å². The molecule has 1 heterocycles. The number of nitrogen functional groups attached to an aromatic ring is 1. The fraction of sp³-hybridized carbons (Fsp3) is 0.333. The van der Waals surface area contributed by atoms with Gasteiger partial charge in [-0.25, -0.2) is 0 Å². The van der Waals surface area contributed by atoms with Crippen LogP contribution in [0.5, 0.6) is 0 Å². The number of amides is 1. The minimum absolute atomic E-state index is 0.0965. The van der Waals surface area contributed by atoms with E-state index in [0.717, 1.165) is 12.1 Å². The van der Waals surface area contributed by atoms with E-state index in [1.165, 1.54) is 0 Å². The first-order chi connectivity index (χ1) is 8.20. The lowest BCUT2D eigenvalue weighted by atomic mass is 10.1. The smallest absolute Gasteiger partial charge is 0.236 e. The zero-order valence-corrected chi connectivity index (χ0v) is 9.44. The first-order valence-corrected chi connectivity index (χ1v) is 5.47. The Hall–Kier alpha value is -2.06. The van der Waals surface area contributed by atoms with E-state index in [-0.39, 0.29) is 5.91 Å². The minimum atomic E-state index is 0.0965. The standard InChI is InChI=1S/C12H14N4O/c13-6-10-2-1-9(5-11(10)14)8-16-4-3-15-7-12(16)17/h1-2,5,15H,3-4,7-8,14H2. The van der Waals surface area contributed by atoms with Crippen LogP contribution >= 0.6 is 0 Å². The lowest BCUT2D eigenvalue weighted by Crippen LogP contribution is -2.47. The zero-order valence-electron chi connectivity index (χ0n) is 9.44. The normalized spacial score (nSPS) is 15.7. The Morgan fingerprint density at radius 3 is 3.00 bits per heavy atom. The Morgan fingerprint density at radius 1 is 1.53 bits per heavy atom. The number of carbonyl (C=O) groups is 1. The van der Waals surface area contributed by atoms with Gasteiger partial charge in [-0.3, -0.25) is 4.79 Å². The van der Waals surface area contributed by atoms with Gasteiger partial charge in [0, 0.05) is 25.3 Å². The van der Waals surface area contributed by atoms with Crippen molar-refractivity contribution in [2.75, 3.05) is 25.4 Å². The van der Waals surface area contributed by atoms with Gasteiger partial charge in [-0.15, -0.1) is 0 Å². The third-order valence-corrected chi connectivity index (χ3v) is 2.80. The van der Waals surface area contributed by atoms with E-state index in [1.54, 1.807) is 17.0 Å². The molecule has 0 atom stereocenters. The summed E-state index contributed by atoms with van der Waals surface area (Å²) in [5.74, 6) is 0.0965. The lowest BCUT2D eigenvalue weighted by molar-refractivity contribution is -0.132. The number of piperazine rings is 1. The summed E-state index contributed by atoms with van der Waals surface area (Å²) in [5.41, 5.74) is 7.63. The fourth-order valence-corrected chi connectivity index (χ4v) is 1.85. The van der Waals surface area contributed by atoms with Crippen molar-refractivity contribution in [1.29, 1.82) is 5.26 Å². The summed E-state index contributed by atoms with van der Waals surface area (Å²) in [6, 6.07) is 7.31. The number of rotatable bonds is 2. The van der Waals surface area contributed by atoms with Gasteiger partial charge in [0.15, 0.2) is 0 Å². The van der Waals surface area contributed by atoms with Crippen molar-refractivity contribution in [3.05, 3.63) is 29.3 Å². The number of nitrogens with zero attached hydrogens (tertiary/aromatic N) is 2. The van der Waals surface area contributed by atoms with E-state index >= 15 is 0 Å². The molecule has 1 aliphatic rings. The summed E-state index contributed by atoms with van der Waals surface area (Å²) in [4.78, 5) is 13.4. The van der Waals surface area contributed by atoms with E-state index in [4.69, 9.17) is 11.0 Å². The summed E-state index contributed by atoms with van der Waals surface area (Å²) in [6.45, 7) is 2.47. The highest BCUT2D eigenvalue weighted by Gasteiger charge is 2.17. The molecule has 0 aliphatic carbocycles. The predicted molar refractivity (Wildman–Crippen MR) is 63.9 cm³/mol. The molecule has 1 aliphatic heterocycles. The van der Waals surface area contributed by atoms with E-state index in [2.05, 4.69) is 5.32 Å². The van der Waals surface area contributed by atoms with Crippen LogP contribution in [0.2, 0.25) is 0 Å². The number of hydrogen-bond donors (Lipinski definition) is 2. The third-order valence-electron chi connectivity index (χ3n) is 2.80. The molecule has 3 N–H and O–H groups in total. The molecule has 0 bridgehead atoms. The fourth-order valence-electron chi connectivity index (χ4n) is 1.85. The summed E-state index contributed by atoms with van der Waals surface area (Å²) in [6.07, 6.45) is 0. The number of nitrogens with two attached hydrogens (primary N) is 1. The van der Waals surface area contributed by atoms with E-state index < -0.39 is 0 Å². The van der Waals surface area contributed by atoms with E-state index in [9.17, 15) is 4.79 Å². The molecule has 1 aromatic rings. The van der Waals surface area contributed by atoms with Gasteiger partial charge in [0.1, 0.15) is 6.07 Å². The van der Waals surface area contributed by atoms with Crippen molar-refractivity contribution in [2.45, 2.75) is 6.54 Å². The van der Waals surface area contributed by atoms with Gasteiger partial charge in [-0.05, 0) is 17.7 Å². The van der Waals surface area contributed by atoms with Crippen LogP contribution < -0.4 is 11.1 Å². The molecule has 0 unspecified atom stereocenters. The maximum Gasteiger partial charge on any atom is 0.236 e. The summed E-state index contributed by atoms with van der Waals surface area (Å²) in [7, 11) is 0. The molecule has 17 heavy (non-hydrogen) atoms. The Morgan fingerprint density at radius 2 is 2.35 bits per heavy atom. The second-order valence-electron chi connectivity index (χ2n) is 4.03. The van der Waals surface area contributed by atoms with Crippen LogP contribution in [0.4, 0.5) is 5.69 Å². The number of carbonyl (C=O) groups excluding carboxylic acids is 1. The van der Waals surface area contributed by atoms with Crippen LogP contribution in [-0.4, -0.2) is 30.4 Å². The highest BCUT2D eigenvalue weighted by Crippen LogP contribution is 2.15. The number of nitrogens with one attached hydrogen (secondary N) is 1. The molecule has 0 spiro atoms. The van der Waals surface area contributed by atoms with Crippen molar-refractivity contribution in [2.24, 2.45) is 0 Å². The highest BCUT2D eigenvalue weighted by molar-refractivity contribution is 5.79. The molecule has 0 radical (unpaired) electrons. The van der Waals surface area contributed by atoms with Crippen LogP contribution in [0.25, 0.3) is 0 Å². The summed E-state index contributed by atoms with van der Waals surface area (Å²) >= 11 is 0. The average molecular weight is 230 g/mol. The van der Waals surface area contributed by atoms with Gasteiger partial charge in [-0.1, -0.05) is 6.07 Å². The maximum atomic E-state index is 11.6. The van der Waals surface area contributed by atoms with Gasteiger partial charge >= 0.3 is 0 Å². The molecule has 5 nitrogen and oxygen atoms in total. The molecular formula is C12H14N4O. The monoisotopic (exact) mass is 230 g/mol. The first kappa shape index (κ1) is 11.4. The van der Waals surface area contributed by atoms with Crippen molar-refractivity contribution in [1.82, 2.24) is 10.2 Å². The van der Waals surface area contributed by atoms with Gasteiger partial charge < -0.3 is 16.0 Å². The molecule has 5 heteroatoms. The summed E-state index contributed by atoms with van der Waals surface area (Å²) < 4.78 is 0. The van der Waals surface area contributed by atoms with Crippen LogP contribution in [0.3, 0.4) is 0 Å². The first-order valence-electron chi connectivity index (χ1n) is 5.47. The second-order valence-corrected chi connectivity index (χ2v) is 4.03. The van der Waals surface area contributed by atoms with Crippen LogP contribution in [0.15, 0.2) is 18.2 Å². The number of hydrogen-bond acceptors (Lipinski definition) is 4. The quantitative estimate of drug-likeness (QED) is 0.704. The van der Waals surface area contributed by atoms with Gasteiger partial charge in [-0.2, -0.15) is 5.26 Å². The van der Waals surface area contributed by atoms with Crippen molar-refractivity contribution < 1.29 is 4.79 Å².